The molecule has 1 amide bonds. The van der Waals surface area contributed by atoms with Crippen LogP contribution in [0.15, 0.2) is 24.3 Å². The molecule has 1 heterocycles. The minimum Gasteiger partial charge on any atom is -0.484 e. The molecule has 1 aliphatic heterocycles. The lowest BCUT2D eigenvalue weighted by Gasteiger charge is -2.22. The van der Waals surface area contributed by atoms with Crippen LogP contribution in [0.5, 0.6) is 5.75 Å². The molecule has 1 aromatic rings. The number of sulfone groups is 1. The van der Waals surface area contributed by atoms with E-state index in [2.05, 4.69) is 5.32 Å². The molecular weight excluding hydrogens is 292 g/mol. The minimum absolute atomic E-state index is 0.0178. The van der Waals surface area contributed by atoms with E-state index < -0.39 is 9.84 Å². The van der Waals surface area contributed by atoms with Crippen molar-refractivity contribution in [1.29, 1.82) is 0 Å². The van der Waals surface area contributed by atoms with E-state index in [1.54, 1.807) is 12.1 Å². The van der Waals surface area contributed by atoms with Gasteiger partial charge >= 0.3 is 0 Å². The van der Waals surface area contributed by atoms with Crippen LogP contribution >= 0.6 is 0 Å². The summed E-state index contributed by atoms with van der Waals surface area (Å²) in [7, 11) is -3.02. The average molecular weight is 312 g/mol. The number of hydrogen-bond donors (Lipinski definition) is 2. The van der Waals surface area contributed by atoms with Gasteiger partial charge in [-0.25, -0.2) is 8.42 Å². The van der Waals surface area contributed by atoms with Gasteiger partial charge in [0.15, 0.2) is 16.4 Å². The summed E-state index contributed by atoms with van der Waals surface area (Å²) >= 11 is 0. The van der Waals surface area contributed by atoms with Gasteiger partial charge in [-0.2, -0.15) is 0 Å². The predicted molar refractivity (Wildman–Crippen MR) is 79.6 cm³/mol. The molecule has 2 rings (SSSR count). The molecule has 1 saturated heterocycles. The van der Waals surface area contributed by atoms with Crippen molar-refractivity contribution in [2.24, 2.45) is 5.73 Å². The number of benzene rings is 1. The first kappa shape index (κ1) is 15.8. The van der Waals surface area contributed by atoms with Crippen molar-refractivity contribution in [3.05, 3.63) is 29.8 Å². The second kappa shape index (κ2) is 6.91. The van der Waals surface area contributed by atoms with Crippen molar-refractivity contribution in [1.82, 2.24) is 5.32 Å². The van der Waals surface area contributed by atoms with Gasteiger partial charge in [-0.05, 0) is 30.5 Å². The van der Waals surface area contributed by atoms with Gasteiger partial charge in [0.1, 0.15) is 5.75 Å². The first-order chi connectivity index (χ1) is 9.98. The SMILES string of the molecule is NCc1ccc(OCC(=O)NC2CCCS(=O)(=O)C2)cc1. The van der Waals surface area contributed by atoms with E-state index >= 15 is 0 Å². The van der Waals surface area contributed by atoms with Crippen molar-refractivity contribution >= 4 is 15.7 Å². The molecule has 0 bridgehead atoms. The standard InChI is InChI=1S/C14H20N2O4S/c15-8-11-3-5-13(6-4-11)20-9-14(17)16-12-2-1-7-21(18,19)10-12/h3-6,12H,1-2,7-10,15H2,(H,16,17). The third-order valence-electron chi connectivity index (χ3n) is 3.36. The van der Waals surface area contributed by atoms with Gasteiger partial charge in [0.2, 0.25) is 0 Å². The van der Waals surface area contributed by atoms with Crippen molar-refractivity contribution in [3.8, 4) is 5.75 Å². The molecule has 3 N–H and O–H groups in total. The first-order valence-electron chi connectivity index (χ1n) is 6.90. The Bertz CT molecular complexity index is 583. The third-order valence-corrected chi connectivity index (χ3v) is 5.18. The number of carbonyl (C=O) groups excluding carboxylic acids is 1. The summed E-state index contributed by atoms with van der Waals surface area (Å²) in [6.45, 7) is 0.329. The summed E-state index contributed by atoms with van der Waals surface area (Å²) < 4.78 is 28.3. The van der Waals surface area contributed by atoms with Crippen LogP contribution in [0.25, 0.3) is 0 Å². The Hall–Kier alpha value is -1.60. The summed E-state index contributed by atoms with van der Waals surface area (Å²) in [5.41, 5.74) is 6.48. The van der Waals surface area contributed by atoms with Gasteiger partial charge in [-0.3, -0.25) is 4.79 Å². The van der Waals surface area contributed by atoms with Crippen molar-refractivity contribution < 1.29 is 17.9 Å². The van der Waals surface area contributed by atoms with Gasteiger partial charge < -0.3 is 15.8 Å². The molecule has 6 nitrogen and oxygen atoms in total. The first-order valence-corrected chi connectivity index (χ1v) is 8.72. The number of nitrogens with one attached hydrogen (secondary N) is 1. The molecule has 116 valence electrons. The highest BCUT2D eigenvalue weighted by Crippen LogP contribution is 2.13. The lowest BCUT2D eigenvalue weighted by Crippen LogP contribution is -2.44. The largest absolute Gasteiger partial charge is 0.484 e. The van der Waals surface area contributed by atoms with Crippen LogP contribution in [0.2, 0.25) is 0 Å². The zero-order chi connectivity index (χ0) is 15.3. The highest BCUT2D eigenvalue weighted by Gasteiger charge is 2.25. The molecule has 0 saturated carbocycles. The molecule has 1 aliphatic rings. The van der Waals surface area contributed by atoms with Gasteiger partial charge in [-0.1, -0.05) is 12.1 Å². The van der Waals surface area contributed by atoms with Crippen LogP contribution < -0.4 is 15.8 Å². The highest BCUT2D eigenvalue weighted by molar-refractivity contribution is 7.91. The molecule has 1 aromatic carbocycles. The van der Waals surface area contributed by atoms with Gasteiger partial charge in [0, 0.05) is 12.6 Å². The molecule has 0 aliphatic carbocycles. The monoisotopic (exact) mass is 312 g/mol. The number of hydrogen-bond acceptors (Lipinski definition) is 5. The van der Waals surface area contributed by atoms with E-state index in [0.29, 0.717) is 25.1 Å². The number of carbonyl (C=O) groups is 1. The quantitative estimate of drug-likeness (QED) is 0.810. The van der Waals surface area contributed by atoms with Gasteiger partial charge in [0.05, 0.1) is 11.5 Å². The molecule has 0 radical (unpaired) electrons. The Balaban J connectivity index is 1.79. The molecule has 1 atom stereocenters. The fraction of sp³-hybridized carbons (Fsp3) is 0.500. The fourth-order valence-electron chi connectivity index (χ4n) is 2.28. The smallest absolute Gasteiger partial charge is 0.258 e. The van der Waals surface area contributed by atoms with Crippen LogP contribution in [-0.2, 0) is 21.2 Å². The lowest BCUT2D eigenvalue weighted by molar-refractivity contribution is -0.123. The maximum Gasteiger partial charge on any atom is 0.258 e. The van der Waals surface area contributed by atoms with Crippen LogP contribution in [0.4, 0.5) is 0 Å². The van der Waals surface area contributed by atoms with E-state index in [4.69, 9.17) is 10.5 Å². The summed E-state index contributed by atoms with van der Waals surface area (Å²) in [4.78, 5) is 11.8. The highest BCUT2D eigenvalue weighted by atomic mass is 32.2. The van der Waals surface area contributed by atoms with E-state index in [0.717, 1.165) is 5.56 Å². The number of amides is 1. The van der Waals surface area contributed by atoms with Crippen LogP contribution in [-0.4, -0.2) is 38.5 Å². The molecule has 1 unspecified atom stereocenters. The second-order valence-corrected chi connectivity index (χ2v) is 7.39. The Morgan fingerprint density at radius 1 is 1.33 bits per heavy atom. The average Bonchev–Trinajstić information content (AvgIpc) is 2.44. The van der Waals surface area contributed by atoms with Crippen molar-refractivity contribution in [2.75, 3.05) is 18.1 Å². The molecule has 7 heteroatoms. The summed E-state index contributed by atoms with van der Waals surface area (Å²) in [5.74, 6) is 0.506. The Morgan fingerprint density at radius 2 is 2.05 bits per heavy atom. The Morgan fingerprint density at radius 3 is 2.67 bits per heavy atom. The summed E-state index contributed by atoms with van der Waals surface area (Å²) in [5, 5.41) is 2.70. The van der Waals surface area contributed by atoms with E-state index in [1.807, 2.05) is 12.1 Å². The van der Waals surface area contributed by atoms with Crippen molar-refractivity contribution in [3.63, 3.8) is 0 Å². The summed E-state index contributed by atoms with van der Waals surface area (Å²) in [6.07, 6.45) is 1.28. The Kier molecular flexibility index (Phi) is 5.19. The summed E-state index contributed by atoms with van der Waals surface area (Å²) in [6, 6.07) is 6.86. The minimum atomic E-state index is -3.02. The topological polar surface area (TPSA) is 98.5 Å². The molecule has 0 spiro atoms. The van der Waals surface area contributed by atoms with Gasteiger partial charge in [-0.15, -0.1) is 0 Å². The number of nitrogens with two attached hydrogens (primary N) is 1. The van der Waals surface area contributed by atoms with Crippen LogP contribution in [0.3, 0.4) is 0 Å². The maximum atomic E-state index is 11.8. The zero-order valence-electron chi connectivity index (χ0n) is 11.7. The second-order valence-electron chi connectivity index (χ2n) is 5.16. The van der Waals surface area contributed by atoms with Crippen molar-refractivity contribution in [2.45, 2.75) is 25.4 Å². The molecule has 21 heavy (non-hydrogen) atoms. The zero-order valence-corrected chi connectivity index (χ0v) is 12.6. The Labute approximate surface area is 124 Å². The lowest BCUT2D eigenvalue weighted by atomic mass is 10.2. The number of ether oxygens (including phenoxy) is 1. The molecule has 0 aromatic heterocycles. The van der Waals surface area contributed by atoms with Gasteiger partial charge in [0.25, 0.3) is 5.91 Å². The van der Waals surface area contributed by atoms with E-state index in [1.165, 1.54) is 0 Å². The fourth-order valence-corrected chi connectivity index (χ4v) is 3.91. The van der Waals surface area contributed by atoms with Crippen LogP contribution in [0, 0.1) is 0 Å². The van der Waals surface area contributed by atoms with E-state index in [-0.39, 0.29) is 30.1 Å². The molecule has 1 fully saturated rings. The van der Waals surface area contributed by atoms with E-state index in [9.17, 15) is 13.2 Å². The maximum absolute atomic E-state index is 11.8. The molecular formula is C14H20N2O4S. The van der Waals surface area contributed by atoms with Crippen LogP contribution in [0.1, 0.15) is 18.4 Å². The third kappa shape index (κ3) is 5.02. The predicted octanol–water partition coefficient (Wildman–Crippen LogP) is 0.218. The normalized spacial score (nSPS) is 20.7. The number of rotatable bonds is 5.